The van der Waals surface area contributed by atoms with E-state index in [1.807, 2.05) is 13.2 Å². The number of unbranched alkanes of at least 4 members (excludes halogenated alkanes) is 2. The van der Waals surface area contributed by atoms with Crippen molar-refractivity contribution in [2.45, 2.75) is 64.6 Å². The van der Waals surface area contributed by atoms with Crippen LogP contribution >= 0.6 is 11.8 Å². The number of hydrogen-bond donors (Lipinski definition) is 1. The predicted molar refractivity (Wildman–Crippen MR) is 106 cm³/mol. The second-order valence-electron chi connectivity index (χ2n) is 6.86. The summed E-state index contributed by atoms with van der Waals surface area (Å²) in [5.74, 6) is 0.647. The normalized spacial score (nSPS) is 11.9. The predicted octanol–water partition coefficient (Wildman–Crippen LogP) is 2.31. The lowest BCUT2D eigenvalue weighted by atomic mass is 10.2. The number of carbonyl (C=O) groups is 1. The number of aryl methyl sites for hydroxylation is 1. The summed E-state index contributed by atoms with van der Waals surface area (Å²) in [7, 11) is -3.30. The first kappa shape index (κ1) is 23.0. The van der Waals surface area contributed by atoms with Crippen molar-refractivity contribution in [2.24, 2.45) is 5.92 Å². The summed E-state index contributed by atoms with van der Waals surface area (Å²) in [6, 6.07) is 0. The van der Waals surface area contributed by atoms with Gasteiger partial charge in [0.2, 0.25) is 5.91 Å². The molecule has 0 saturated heterocycles. The number of aromatic nitrogens is 3. The zero-order valence-electron chi connectivity index (χ0n) is 16.3. The molecule has 1 heterocycles. The maximum atomic E-state index is 11.9. The zero-order chi connectivity index (χ0) is 19.6. The van der Waals surface area contributed by atoms with Crippen molar-refractivity contribution in [2.75, 3.05) is 24.3 Å². The molecule has 0 bridgehead atoms. The largest absolute Gasteiger partial charge is 0.355 e. The highest BCUT2D eigenvalue weighted by molar-refractivity contribution is 7.98. The van der Waals surface area contributed by atoms with E-state index in [0.29, 0.717) is 31.7 Å². The van der Waals surface area contributed by atoms with Gasteiger partial charge in [0.1, 0.15) is 11.6 Å². The Balaban J connectivity index is 2.40. The highest BCUT2D eigenvalue weighted by Crippen LogP contribution is 2.16. The van der Waals surface area contributed by atoms with Crippen LogP contribution in [0, 0.1) is 5.92 Å². The number of hydrogen-bond acceptors (Lipinski definition) is 6. The van der Waals surface area contributed by atoms with Gasteiger partial charge >= 0.3 is 0 Å². The van der Waals surface area contributed by atoms with Gasteiger partial charge in [0.15, 0.2) is 15.0 Å². The molecule has 7 nitrogen and oxygen atoms in total. The third kappa shape index (κ3) is 8.53. The van der Waals surface area contributed by atoms with E-state index in [1.165, 1.54) is 0 Å². The van der Waals surface area contributed by atoms with E-state index in [-0.39, 0.29) is 5.75 Å². The van der Waals surface area contributed by atoms with Gasteiger partial charge in [0, 0.05) is 19.5 Å². The number of carbonyl (C=O) groups excluding carboxylic acids is 1. The van der Waals surface area contributed by atoms with Crippen LogP contribution in [0.3, 0.4) is 0 Å². The highest BCUT2D eigenvalue weighted by Gasteiger charge is 2.16. The highest BCUT2D eigenvalue weighted by atomic mass is 32.2. The van der Waals surface area contributed by atoms with Crippen LogP contribution in [0.25, 0.3) is 0 Å². The van der Waals surface area contributed by atoms with Crippen LogP contribution in [0.5, 0.6) is 0 Å². The first-order chi connectivity index (χ1) is 12.3. The molecular formula is C17H32N4O3S2. The molecule has 1 amide bonds. The number of amides is 1. The quantitative estimate of drug-likeness (QED) is 0.400. The molecule has 150 valence electrons. The van der Waals surface area contributed by atoms with Crippen LogP contribution in [0.1, 0.15) is 52.3 Å². The van der Waals surface area contributed by atoms with Crippen molar-refractivity contribution in [3.05, 3.63) is 5.82 Å². The lowest BCUT2D eigenvalue weighted by Gasteiger charge is -2.11. The van der Waals surface area contributed by atoms with Crippen molar-refractivity contribution in [1.29, 1.82) is 0 Å². The summed E-state index contributed by atoms with van der Waals surface area (Å²) in [5, 5.41) is 12.0. The summed E-state index contributed by atoms with van der Waals surface area (Å²) in [6.07, 6.45) is 5.83. The molecule has 1 aromatic heterocycles. The first-order valence-electron chi connectivity index (χ1n) is 9.22. The van der Waals surface area contributed by atoms with Crippen molar-refractivity contribution >= 4 is 27.5 Å². The molecule has 0 aliphatic rings. The summed E-state index contributed by atoms with van der Waals surface area (Å²) in [6.45, 7) is 7.61. The SMILES string of the molecule is CCCCCS(=O)(=O)CC(=O)NCCCc1nnc(SC)n1CC(C)C. The molecule has 1 rings (SSSR count). The second-order valence-corrected chi connectivity index (χ2v) is 9.82. The molecule has 0 aromatic carbocycles. The smallest absolute Gasteiger partial charge is 0.235 e. The van der Waals surface area contributed by atoms with E-state index >= 15 is 0 Å². The fourth-order valence-corrected chi connectivity index (χ4v) is 4.39. The summed E-state index contributed by atoms with van der Waals surface area (Å²) in [5.41, 5.74) is 0. The molecule has 0 fully saturated rings. The van der Waals surface area contributed by atoms with E-state index in [2.05, 4.69) is 33.9 Å². The zero-order valence-corrected chi connectivity index (χ0v) is 18.0. The van der Waals surface area contributed by atoms with Gasteiger partial charge < -0.3 is 9.88 Å². The molecule has 0 aliphatic carbocycles. The van der Waals surface area contributed by atoms with Crippen LogP contribution < -0.4 is 5.32 Å². The summed E-state index contributed by atoms with van der Waals surface area (Å²) in [4.78, 5) is 11.8. The third-order valence-electron chi connectivity index (χ3n) is 3.83. The Hall–Kier alpha value is -1.09. The minimum Gasteiger partial charge on any atom is -0.355 e. The first-order valence-corrected chi connectivity index (χ1v) is 12.3. The Kier molecular flexibility index (Phi) is 10.2. The van der Waals surface area contributed by atoms with E-state index in [9.17, 15) is 13.2 Å². The monoisotopic (exact) mass is 404 g/mol. The van der Waals surface area contributed by atoms with Crippen molar-refractivity contribution in [1.82, 2.24) is 20.1 Å². The average Bonchev–Trinajstić information content (AvgIpc) is 2.92. The van der Waals surface area contributed by atoms with Crippen LogP contribution in [0.2, 0.25) is 0 Å². The molecule has 0 aliphatic heterocycles. The summed E-state index contributed by atoms with van der Waals surface area (Å²) >= 11 is 1.57. The molecule has 0 atom stereocenters. The Morgan fingerprint density at radius 2 is 1.96 bits per heavy atom. The van der Waals surface area contributed by atoms with Gasteiger partial charge in [-0.15, -0.1) is 10.2 Å². The maximum absolute atomic E-state index is 11.9. The van der Waals surface area contributed by atoms with Gasteiger partial charge in [-0.1, -0.05) is 45.4 Å². The number of rotatable bonds is 13. The van der Waals surface area contributed by atoms with Gasteiger partial charge in [0.05, 0.1) is 5.75 Å². The van der Waals surface area contributed by atoms with Gasteiger partial charge in [-0.3, -0.25) is 4.79 Å². The fourth-order valence-electron chi connectivity index (χ4n) is 2.57. The second kappa shape index (κ2) is 11.6. The third-order valence-corrected chi connectivity index (χ3v) is 6.11. The lowest BCUT2D eigenvalue weighted by Crippen LogP contribution is -2.32. The van der Waals surface area contributed by atoms with Crippen molar-refractivity contribution < 1.29 is 13.2 Å². The van der Waals surface area contributed by atoms with Gasteiger partial charge in [-0.25, -0.2) is 8.42 Å². The van der Waals surface area contributed by atoms with E-state index in [0.717, 1.165) is 30.4 Å². The average molecular weight is 405 g/mol. The molecule has 1 N–H and O–H groups in total. The minimum absolute atomic E-state index is 0.0873. The summed E-state index contributed by atoms with van der Waals surface area (Å²) < 4.78 is 25.9. The standard InChI is InChI=1S/C17H32N4O3S2/c1-5-6-7-11-26(23,24)13-16(22)18-10-8-9-15-19-20-17(25-4)21(15)12-14(2)3/h14H,5-13H2,1-4H3,(H,18,22). The lowest BCUT2D eigenvalue weighted by molar-refractivity contribution is -0.118. The molecule has 0 unspecified atom stereocenters. The Morgan fingerprint density at radius 1 is 1.23 bits per heavy atom. The van der Waals surface area contributed by atoms with E-state index in [4.69, 9.17) is 0 Å². The minimum atomic E-state index is -3.30. The van der Waals surface area contributed by atoms with Gasteiger partial charge in [0.25, 0.3) is 0 Å². The van der Waals surface area contributed by atoms with Crippen LogP contribution in [-0.2, 0) is 27.6 Å². The van der Waals surface area contributed by atoms with Gasteiger partial charge in [-0.2, -0.15) is 0 Å². The van der Waals surface area contributed by atoms with E-state index < -0.39 is 21.5 Å². The molecule has 0 spiro atoms. The molecule has 0 saturated carbocycles. The number of thioether (sulfide) groups is 1. The topological polar surface area (TPSA) is 93.9 Å². The maximum Gasteiger partial charge on any atom is 0.235 e. The molecule has 1 aromatic rings. The molecule has 9 heteroatoms. The number of nitrogens with one attached hydrogen (secondary N) is 1. The Morgan fingerprint density at radius 3 is 2.58 bits per heavy atom. The Labute approximate surface area is 161 Å². The van der Waals surface area contributed by atoms with Gasteiger partial charge in [-0.05, 0) is 25.0 Å². The van der Waals surface area contributed by atoms with Crippen molar-refractivity contribution in [3.63, 3.8) is 0 Å². The molecular weight excluding hydrogens is 372 g/mol. The number of sulfone groups is 1. The Bertz CT molecular complexity index is 657. The van der Waals surface area contributed by atoms with Crippen molar-refractivity contribution in [3.8, 4) is 0 Å². The molecule has 0 radical (unpaired) electrons. The fraction of sp³-hybridized carbons (Fsp3) is 0.824. The van der Waals surface area contributed by atoms with E-state index in [1.54, 1.807) is 11.8 Å². The van der Waals surface area contributed by atoms with Crippen LogP contribution in [-0.4, -0.2) is 53.4 Å². The van der Waals surface area contributed by atoms with Crippen LogP contribution in [0.4, 0.5) is 0 Å². The number of nitrogens with zero attached hydrogens (tertiary/aromatic N) is 3. The molecule has 26 heavy (non-hydrogen) atoms. The van der Waals surface area contributed by atoms with Crippen LogP contribution in [0.15, 0.2) is 5.16 Å².